The highest BCUT2D eigenvalue weighted by Crippen LogP contribution is 2.26. The lowest BCUT2D eigenvalue weighted by atomic mass is 10.3. The smallest absolute Gasteiger partial charge is 0.250 e. The first-order valence-electron chi connectivity index (χ1n) is 8.84. The summed E-state index contributed by atoms with van der Waals surface area (Å²) in [5.74, 6) is 1.10. The zero-order valence-electron chi connectivity index (χ0n) is 15.0. The van der Waals surface area contributed by atoms with Gasteiger partial charge in [0.2, 0.25) is 8.32 Å². The molecule has 0 fully saturated rings. The van der Waals surface area contributed by atoms with Crippen LogP contribution in [0.1, 0.15) is 41.5 Å². The van der Waals surface area contributed by atoms with Crippen molar-refractivity contribution in [3.63, 3.8) is 0 Å². The van der Waals surface area contributed by atoms with Crippen LogP contribution in [0.15, 0.2) is 24.3 Å². The van der Waals surface area contributed by atoms with Crippen LogP contribution in [0.25, 0.3) is 0 Å². The van der Waals surface area contributed by atoms with Crippen LogP contribution >= 0.6 is 0 Å². The molecule has 0 bridgehead atoms. The molecule has 0 heterocycles. The third-order valence-corrected chi connectivity index (χ3v) is 15.9. The molecule has 1 rings (SSSR count). The molecule has 0 saturated heterocycles. The van der Waals surface area contributed by atoms with Gasteiger partial charge in [-0.3, -0.25) is 0 Å². The molecule has 0 amide bonds. The fourth-order valence-electron chi connectivity index (χ4n) is 3.46. The summed E-state index contributed by atoms with van der Waals surface area (Å²) >= 11 is 0. The van der Waals surface area contributed by atoms with Gasteiger partial charge in [0, 0.05) is 0 Å². The maximum absolute atomic E-state index is 6.47. The molecule has 0 unspecified atom stereocenters. The standard InChI is InChI=1S/C18H34OSi2/c1-7-20(8-2,9-3)18-15-13-17(14-16-18)19-21(10-4,11-5)12-6/h13-16H,7-12H2,1-6H3. The van der Waals surface area contributed by atoms with Gasteiger partial charge >= 0.3 is 0 Å². The highest BCUT2D eigenvalue weighted by Gasteiger charge is 2.32. The molecule has 0 aliphatic carbocycles. The van der Waals surface area contributed by atoms with E-state index in [1.165, 1.54) is 36.3 Å². The number of rotatable bonds is 9. The second-order valence-electron chi connectivity index (χ2n) is 6.21. The van der Waals surface area contributed by atoms with Gasteiger partial charge in [0.1, 0.15) is 5.75 Å². The Balaban J connectivity index is 2.97. The van der Waals surface area contributed by atoms with Crippen molar-refractivity contribution >= 4 is 21.6 Å². The molecule has 0 saturated carbocycles. The van der Waals surface area contributed by atoms with E-state index in [2.05, 4.69) is 65.8 Å². The van der Waals surface area contributed by atoms with E-state index in [1.807, 2.05) is 0 Å². The third-order valence-electron chi connectivity index (χ3n) is 5.76. The summed E-state index contributed by atoms with van der Waals surface area (Å²) in [5.41, 5.74) is 0. The van der Waals surface area contributed by atoms with E-state index in [0.29, 0.717) is 0 Å². The van der Waals surface area contributed by atoms with Crippen molar-refractivity contribution in [3.05, 3.63) is 24.3 Å². The lowest BCUT2D eigenvalue weighted by molar-refractivity contribution is 0.532. The van der Waals surface area contributed by atoms with E-state index in [1.54, 1.807) is 5.19 Å². The van der Waals surface area contributed by atoms with Gasteiger partial charge in [0.15, 0.2) is 0 Å². The number of hydrogen-bond acceptors (Lipinski definition) is 1. The normalized spacial score (nSPS) is 12.5. The Bertz CT molecular complexity index is 389. The maximum atomic E-state index is 6.47. The molecule has 0 aliphatic rings. The second kappa shape index (κ2) is 8.18. The second-order valence-corrected chi connectivity index (χ2v) is 16.2. The molecule has 0 aliphatic heterocycles. The summed E-state index contributed by atoms with van der Waals surface area (Å²) in [6.45, 7) is 14.0. The summed E-state index contributed by atoms with van der Waals surface area (Å²) in [6.07, 6.45) is 0. The topological polar surface area (TPSA) is 9.23 Å². The summed E-state index contributed by atoms with van der Waals surface area (Å²) in [7, 11) is -2.78. The molecule has 0 radical (unpaired) electrons. The van der Waals surface area contributed by atoms with Gasteiger partial charge in [-0.15, -0.1) is 0 Å². The summed E-state index contributed by atoms with van der Waals surface area (Å²) in [4.78, 5) is 0. The van der Waals surface area contributed by atoms with Crippen molar-refractivity contribution in [2.24, 2.45) is 0 Å². The van der Waals surface area contributed by atoms with E-state index in [4.69, 9.17) is 4.43 Å². The zero-order valence-corrected chi connectivity index (χ0v) is 17.0. The minimum atomic E-state index is -1.54. The fourth-order valence-corrected chi connectivity index (χ4v) is 9.62. The minimum Gasteiger partial charge on any atom is -0.544 e. The lowest BCUT2D eigenvalue weighted by Gasteiger charge is -2.31. The average Bonchev–Trinajstić information content (AvgIpc) is 2.56. The Labute approximate surface area is 134 Å². The molecule has 1 aromatic carbocycles. The molecular weight excluding hydrogens is 288 g/mol. The van der Waals surface area contributed by atoms with Crippen LogP contribution in [0.3, 0.4) is 0 Å². The van der Waals surface area contributed by atoms with Gasteiger partial charge in [0.05, 0.1) is 8.07 Å². The van der Waals surface area contributed by atoms with E-state index in [-0.39, 0.29) is 0 Å². The van der Waals surface area contributed by atoms with Crippen LogP contribution in [0.5, 0.6) is 5.75 Å². The molecule has 0 spiro atoms. The summed E-state index contributed by atoms with van der Waals surface area (Å²) in [6, 6.07) is 16.9. The molecule has 1 nitrogen and oxygen atoms in total. The molecule has 0 aromatic heterocycles. The quantitative estimate of drug-likeness (QED) is 0.523. The highest BCUT2D eigenvalue weighted by atomic mass is 28.4. The number of benzene rings is 1. The average molecular weight is 323 g/mol. The monoisotopic (exact) mass is 322 g/mol. The van der Waals surface area contributed by atoms with E-state index in [9.17, 15) is 0 Å². The predicted molar refractivity (Wildman–Crippen MR) is 101 cm³/mol. The minimum absolute atomic E-state index is 1.10. The van der Waals surface area contributed by atoms with Crippen LogP contribution in [0.4, 0.5) is 0 Å². The first-order chi connectivity index (χ1) is 10.0. The maximum Gasteiger partial charge on any atom is 0.250 e. The van der Waals surface area contributed by atoms with Crippen LogP contribution in [-0.4, -0.2) is 16.4 Å². The SMILES string of the molecule is CC[Si](CC)(CC)Oc1ccc([Si](CC)(CC)CC)cc1. The van der Waals surface area contributed by atoms with Crippen molar-refractivity contribution < 1.29 is 4.43 Å². The van der Waals surface area contributed by atoms with Gasteiger partial charge in [-0.2, -0.15) is 0 Å². The Hall–Kier alpha value is -0.546. The molecule has 0 N–H and O–H groups in total. The van der Waals surface area contributed by atoms with Crippen molar-refractivity contribution in [1.29, 1.82) is 0 Å². The highest BCUT2D eigenvalue weighted by molar-refractivity contribution is 6.91. The summed E-state index contributed by atoms with van der Waals surface area (Å²) < 4.78 is 6.47. The largest absolute Gasteiger partial charge is 0.544 e. The van der Waals surface area contributed by atoms with Gasteiger partial charge in [-0.05, 0) is 30.3 Å². The molecule has 1 aromatic rings. The Kier molecular flexibility index (Phi) is 7.21. The predicted octanol–water partition coefficient (Wildman–Crippen LogP) is 5.79. The molecule has 3 heteroatoms. The van der Waals surface area contributed by atoms with Gasteiger partial charge in [0.25, 0.3) is 0 Å². The van der Waals surface area contributed by atoms with Crippen molar-refractivity contribution in [2.75, 3.05) is 0 Å². The fraction of sp³-hybridized carbons (Fsp3) is 0.667. The molecular formula is C18H34OSi2. The Morgan fingerprint density at radius 3 is 1.43 bits per heavy atom. The van der Waals surface area contributed by atoms with Crippen molar-refractivity contribution in [3.8, 4) is 5.75 Å². The van der Waals surface area contributed by atoms with Crippen LogP contribution in [-0.2, 0) is 0 Å². The van der Waals surface area contributed by atoms with Crippen LogP contribution in [0.2, 0.25) is 36.3 Å². The van der Waals surface area contributed by atoms with Crippen LogP contribution < -0.4 is 9.61 Å². The van der Waals surface area contributed by atoms with Crippen LogP contribution in [0, 0.1) is 0 Å². The first kappa shape index (κ1) is 18.5. The van der Waals surface area contributed by atoms with Gasteiger partial charge in [-0.25, -0.2) is 0 Å². The molecule has 0 atom stereocenters. The zero-order chi connectivity index (χ0) is 15.9. The summed E-state index contributed by atoms with van der Waals surface area (Å²) in [5, 5.41) is 1.61. The van der Waals surface area contributed by atoms with Crippen molar-refractivity contribution in [1.82, 2.24) is 0 Å². The van der Waals surface area contributed by atoms with E-state index >= 15 is 0 Å². The molecule has 120 valence electrons. The Morgan fingerprint density at radius 2 is 1.10 bits per heavy atom. The van der Waals surface area contributed by atoms with E-state index in [0.717, 1.165) is 5.75 Å². The first-order valence-corrected chi connectivity index (χ1v) is 14.0. The number of hydrogen-bond donors (Lipinski definition) is 0. The third kappa shape index (κ3) is 4.01. The van der Waals surface area contributed by atoms with Crippen molar-refractivity contribution in [2.45, 2.75) is 77.8 Å². The molecule has 21 heavy (non-hydrogen) atoms. The van der Waals surface area contributed by atoms with Gasteiger partial charge in [-0.1, -0.05) is 77.0 Å². The lowest BCUT2D eigenvalue weighted by Crippen LogP contribution is -2.45. The Morgan fingerprint density at radius 1 is 0.667 bits per heavy atom. The van der Waals surface area contributed by atoms with E-state index < -0.39 is 16.4 Å². The van der Waals surface area contributed by atoms with Gasteiger partial charge < -0.3 is 4.43 Å².